The summed E-state index contributed by atoms with van der Waals surface area (Å²) in [5.74, 6) is 0.639. The number of carbonyl (C=O) groups excluding carboxylic acids is 3. The van der Waals surface area contributed by atoms with Crippen molar-refractivity contribution >= 4 is 17.5 Å². The Hall–Kier alpha value is -1.23. The number of fused-ring (bicyclic) bond motifs is 3. The van der Waals surface area contributed by atoms with Gasteiger partial charge in [0.15, 0.2) is 0 Å². The Morgan fingerprint density at radius 2 is 1.86 bits per heavy atom. The SMILES string of the molecule is COC(=O)[C@@]1(CCC(C)=O)CC2[C@H](CCC3(C)C(OC(C)(C)C)CC[C@@H]23)CC1=O. The zero-order chi connectivity index (χ0) is 21.6. The van der Waals surface area contributed by atoms with Crippen LogP contribution in [0.4, 0.5) is 0 Å². The van der Waals surface area contributed by atoms with Crippen molar-refractivity contribution in [3.63, 3.8) is 0 Å². The van der Waals surface area contributed by atoms with Crippen LogP contribution in [0, 0.1) is 28.6 Å². The van der Waals surface area contributed by atoms with Crippen LogP contribution in [0.25, 0.3) is 0 Å². The fraction of sp³-hybridized carbons (Fsp3) is 0.875. The van der Waals surface area contributed by atoms with Crippen LogP contribution in [0.3, 0.4) is 0 Å². The third-order valence-corrected chi connectivity index (χ3v) is 8.04. The van der Waals surface area contributed by atoms with E-state index in [0.29, 0.717) is 30.6 Å². The van der Waals surface area contributed by atoms with Crippen molar-refractivity contribution in [1.29, 1.82) is 0 Å². The van der Waals surface area contributed by atoms with E-state index in [1.54, 1.807) is 0 Å². The molecule has 0 saturated heterocycles. The van der Waals surface area contributed by atoms with Gasteiger partial charge in [0.25, 0.3) is 0 Å². The zero-order valence-electron chi connectivity index (χ0n) is 19.0. The highest BCUT2D eigenvalue weighted by atomic mass is 16.5. The molecule has 0 bridgehead atoms. The van der Waals surface area contributed by atoms with Gasteiger partial charge in [-0.2, -0.15) is 0 Å². The van der Waals surface area contributed by atoms with E-state index < -0.39 is 11.4 Å². The van der Waals surface area contributed by atoms with Crippen molar-refractivity contribution in [2.75, 3.05) is 7.11 Å². The molecule has 29 heavy (non-hydrogen) atoms. The smallest absolute Gasteiger partial charge is 0.319 e. The van der Waals surface area contributed by atoms with Crippen molar-refractivity contribution in [3.8, 4) is 0 Å². The summed E-state index contributed by atoms with van der Waals surface area (Å²) in [6.07, 6.45) is 5.91. The van der Waals surface area contributed by atoms with Crippen molar-refractivity contribution < 1.29 is 23.9 Å². The Labute approximate surface area is 175 Å². The molecule has 0 aliphatic heterocycles. The molecule has 0 radical (unpaired) electrons. The lowest BCUT2D eigenvalue weighted by Crippen LogP contribution is -2.54. The van der Waals surface area contributed by atoms with E-state index in [0.717, 1.165) is 25.7 Å². The first-order valence-corrected chi connectivity index (χ1v) is 11.2. The van der Waals surface area contributed by atoms with Crippen LogP contribution in [0.15, 0.2) is 0 Å². The summed E-state index contributed by atoms with van der Waals surface area (Å²) in [6, 6.07) is 0. The van der Waals surface area contributed by atoms with E-state index in [1.165, 1.54) is 14.0 Å². The lowest BCUT2D eigenvalue weighted by atomic mass is 9.51. The van der Waals surface area contributed by atoms with E-state index in [4.69, 9.17) is 9.47 Å². The van der Waals surface area contributed by atoms with Crippen LogP contribution in [0.2, 0.25) is 0 Å². The fourth-order valence-electron chi connectivity index (χ4n) is 6.58. The van der Waals surface area contributed by atoms with Crippen molar-refractivity contribution in [2.24, 2.45) is 28.6 Å². The van der Waals surface area contributed by atoms with Gasteiger partial charge in [-0.1, -0.05) is 6.92 Å². The van der Waals surface area contributed by atoms with Crippen LogP contribution in [0.5, 0.6) is 0 Å². The number of ketones is 2. The molecule has 6 atom stereocenters. The number of Topliss-reactive ketones (excluding diaryl/α,β-unsaturated/α-hetero) is 2. The van der Waals surface area contributed by atoms with Gasteiger partial charge in [0.05, 0.1) is 18.8 Å². The molecule has 3 aliphatic carbocycles. The summed E-state index contributed by atoms with van der Waals surface area (Å²) in [7, 11) is 1.35. The van der Waals surface area contributed by atoms with Gasteiger partial charge in [0, 0.05) is 12.8 Å². The first-order valence-electron chi connectivity index (χ1n) is 11.2. The molecule has 3 rings (SSSR count). The second-order valence-corrected chi connectivity index (χ2v) is 11.0. The third kappa shape index (κ3) is 4.04. The average Bonchev–Trinajstić information content (AvgIpc) is 2.94. The van der Waals surface area contributed by atoms with Crippen LogP contribution in [0.1, 0.15) is 86.0 Å². The Morgan fingerprint density at radius 3 is 2.45 bits per heavy atom. The predicted octanol–water partition coefficient (Wildman–Crippen LogP) is 4.50. The van der Waals surface area contributed by atoms with E-state index in [1.807, 2.05) is 0 Å². The number of methoxy groups -OCH3 is 1. The molecule has 3 aliphatic rings. The highest BCUT2D eigenvalue weighted by Crippen LogP contribution is 2.62. The quantitative estimate of drug-likeness (QED) is 0.496. The molecule has 3 unspecified atom stereocenters. The third-order valence-electron chi connectivity index (χ3n) is 8.04. The molecular weight excluding hydrogens is 368 g/mol. The monoisotopic (exact) mass is 406 g/mol. The summed E-state index contributed by atoms with van der Waals surface area (Å²) in [5, 5.41) is 0. The summed E-state index contributed by atoms with van der Waals surface area (Å²) >= 11 is 0. The summed E-state index contributed by atoms with van der Waals surface area (Å²) < 4.78 is 11.6. The minimum atomic E-state index is -1.15. The highest BCUT2D eigenvalue weighted by Gasteiger charge is 2.61. The number of hydrogen-bond acceptors (Lipinski definition) is 5. The maximum Gasteiger partial charge on any atom is 0.319 e. The van der Waals surface area contributed by atoms with Crippen LogP contribution in [-0.2, 0) is 23.9 Å². The number of esters is 1. The predicted molar refractivity (Wildman–Crippen MR) is 110 cm³/mol. The molecule has 0 N–H and O–H groups in total. The first-order chi connectivity index (χ1) is 13.4. The molecular formula is C24H38O5. The molecule has 0 heterocycles. The number of carbonyl (C=O) groups is 3. The summed E-state index contributed by atoms with van der Waals surface area (Å²) in [4.78, 5) is 37.7. The second kappa shape index (κ2) is 7.79. The lowest BCUT2D eigenvalue weighted by molar-refractivity contribution is -0.170. The standard InChI is InChI=1S/C24H38O5/c1-15(25)9-12-24(21(27)28-6)14-17-16(13-19(24)26)10-11-23(5)18(17)7-8-20(23)29-22(2,3)4/h16-18,20H,7-14H2,1-6H3/t16-,17?,18+,20?,23?,24+/m1/s1. The van der Waals surface area contributed by atoms with Gasteiger partial charge in [-0.3, -0.25) is 9.59 Å². The topological polar surface area (TPSA) is 69.7 Å². The Bertz CT molecular complexity index is 677. The molecule has 3 saturated carbocycles. The first kappa shape index (κ1) is 22.5. The number of hydrogen-bond donors (Lipinski definition) is 0. The maximum atomic E-state index is 13.2. The number of rotatable bonds is 5. The molecule has 0 spiro atoms. The van der Waals surface area contributed by atoms with Gasteiger partial charge in [-0.15, -0.1) is 0 Å². The Kier molecular flexibility index (Phi) is 6.03. The van der Waals surface area contributed by atoms with Gasteiger partial charge in [0.2, 0.25) is 0 Å². The molecule has 0 amide bonds. The maximum absolute atomic E-state index is 13.2. The molecule has 0 aromatic heterocycles. The van der Waals surface area contributed by atoms with Crippen molar-refractivity contribution in [1.82, 2.24) is 0 Å². The minimum Gasteiger partial charge on any atom is -0.468 e. The molecule has 3 fully saturated rings. The van der Waals surface area contributed by atoms with E-state index in [2.05, 4.69) is 27.7 Å². The molecule has 5 nitrogen and oxygen atoms in total. The average molecular weight is 407 g/mol. The fourth-order valence-corrected chi connectivity index (χ4v) is 6.58. The lowest BCUT2D eigenvalue weighted by Gasteiger charge is -2.53. The van der Waals surface area contributed by atoms with Crippen molar-refractivity contribution in [3.05, 3.63) is 0 Å². The van der Waals surface area contributed by atoms with Gasteiger partial charge >= 0.3 is 5.97 Å². The number of ether oxygens (including phenoxy) is 2. The zero-order valence-corrected chi connectivity index (χ0v) is 19.0. The summed E-state index contributed by atoms with van der Waals surface area (Å²) in [5.41, 5.74) is -1.25. The second-order valence-electron chi connectivity index (χ2n) is 11.0. The Morgan fingerprint density at radius 1 is 1.17 bits per heavy atom. The van der Waals surface area contributed by atoms with Gasteiger partial charge in [-0.25, -0.2) is 0 Å². The van der Waals surface area contributed by atoms with Crippen molar-refractivity contribution in [2.45, 2.75) is 97.7 Å². The molecule has 5 heteroatoms. The minimum absolute atomic E-state index is 0.0104. The van der Waals surface area contributed by atoms with Gasteiger partial charge in [-0.05, 0) is 89.4 Å². The molecule has 164 valence electrons. The normalized spacial score (nSPS) is 39.6. The van der Waals surface area contributed by atoms with Gasteiger partial charge < -0.3 is 14.3 Å². The van der Waals surface area contributed by atoms with E-state index in [-0.39, 0.29) is 41.5 Å². The van der Waals surface area contributed by atoms with Gasteiger partial charge in [0.1, 0.15) is 17.0 Å². The van der Waals surface area contributed by atoms with E-state index in [9.17, 15) is 14.4 Å². The largest absolute Gasteiger partial charge is 0.468 e. The summed E-state index contributed by atoms with van der Waals surface area (Å²) in [6.45, 7) is 10.2. The molecule has 0 aromatic carbocycles. The molecule has 0 aromatic rings. The Balaban J connectivity index is 1.89. The van der Waals surface area contributed by atoms with Crippen LogP contribution in [-0.4, -0.2) is 36.4 Å². The van der Waals surface area contributed by atoms with E-state index >= 15 is 0 Å². The highest BCUT2D eigenvalue weighted by molar-refractivity contribution is 6.04. The van der Waals surface area contributed by atoms with Crippen LogP contribution < -0.4 is 0 Å². The van der Waals surface area contributed by atoms with Crippen LogP contribution >= 0.6 is 0 Å².